The van der Waals surface area contributed by atoms with E-state index in [1.807, 2.05) is 36.4 Å². The van der Waals surface area contributed by atoms with E-state index in [-0.39, 0.29) is 23.4 Å². The van der Waals surface area contributed by atoms with Crippen molar-refractivity contribution in [2.45, 2.75) is 46.2 Å². The number of amides is 1. The summed E-state index contributed by atoms with van der Waals surface area (Å²) in [5, 5.41) is 3.78. The summed E-state index contributed by atoms with van der Waals surface area (Å²) in [5.74, 6) is 1.36. The minimum absolute atomic E-state index is 0.0673. The lowest BCUT2D eigenvalue weighted by molar-refractivity contribution is -0.127. The van der Waals surface area contributed by atoms with Gasteiger partial charge in [-0.25, -0.2) is 4.98 Å². The third kappa shape index (κ3) is 5.05. The zero-order chi connectivity index (χ0) is 22.0. The maximum atomic E-state index is 12.6. The van der Waals surface area contributed by atoms with Gasteiger partial charge >= 0.3 is 0 Å². The van der Waals surface area contributed by atoms with E-state index >= 15 is 0 Å². The van der Waals surface area contributed by atoms with Crippen LogP contribution in [0, 0.1) is 11.8 Å². The molecule has 164 valence electrons. The summed E-state index contributed by atoms with van der Waals surface area (Å²) in [7, 11) is 0. The average molecular weight is 439 g/mol. The minimum Gasteiger partial charge on any atom is -0.353 e. The molecule has 2 aromatic heterocycles. The number of aromatic amines is 1. The molecule has 1 atom stereocenters. The molecular formula is C24H30N4O2S. The number of nitrogens with one attached hydrogen (secondary N) is 2. The largest absolute Gasteiger partial charge is 0.353 e. The van der Waals surface area contributed by atoms with Crippen LogP contribution in [0.5, 0.6) is 0 Å². The molecule has 1 saturated heterocycles. The van der Waals surface area contributed by atoms with Crippen LogP contribution in [0.25, 0.3) is 20.7 Å². The highest BCUT2D eigenvalue weighted by atomic mass is 32.1. The summed E-state index contributed by atoms with van der Waals surface area (Å²) in [6.45, 7) is 8.55. The van der Waals surface area contributed by atoms with Crippen LogP contribution in [0.1, 0.15) is 39.4 Å². The highest BCUT2D eigenvalue weighted by Crippen LogP contribution is 2.30. The maximum absolute atomic E-state index is 12.6. The summed E-state index contributed by atoms with van der Waals surface area (Å²) < 4.78 is 0. The smallest absolute Gasteiger partial charge is 0.259 e. The van der Waals surface area contributed by atoms with E-state index in [9.17, 15) is 9.59 Å². The van der Waals surface area contributed by atoms with Gasteiger partial charge in [0.25, 0.3) is 5.56 Å². The van der Waals surface area contributed by atoms with Gasteiger partial charge in [0.15, 0.2) is 0 Å². The van der Waals surface area contributed by atoms with Crippen molar-refractivity contribution in [2.75, 3.05) is 13.1 Å². The normalized spacial score (nSPS) is 16.6. The van der Waals surface area contributed by atoms with Gasteiger partial charge in [0.2, 0.25) is 5.91 Å². The lowest BCUT2D eigenvalue weighted by Crippen LogP contribution is -2.44. The van der Waals surface area contributed by atoms with Gasteiger partial charge in [-0.15, -0.1) is 11.3 Å². The molecule has 1 aliphatic heterocycles. The van der Waals surface area contributed by atoms with Gasteiger partial charge in [-0.2, -0.15) is 0 Å². The van der Waals surface area contributed by atoms with Crippen LogP contribution in [0.4, 0.5) is 0 Å². The molecule has 1 fully saturated rings. The molecule has 2 N–H and O–H groups in total. The number of carbonyl (C=O) groups excluding carboxylic acids is 1. The third-order valence-electron chi connectivity index (χ3n) is 6.21. The van der Waals surface area contributed by atoms with E-state index in [0.717, 1.165) is 41.2 Å². The number of aromatic nitrogens is 2. The molecule has 0 saturated carbocycles. The fraction of sp³-hybridized carbons (Fsp3) is 0.458. The quantitative estimate of drug-likeness (QED) is 0.609. The molecule has 1 unspecified atom stereocenters. The molecule has 31 heavy (non-hydrogen) atoms. The molecule has 0 spiro atoms. The first-order valence-electron chi connectivity index (χ1n) is 11.0. The van der Waals surface area contributed by atoms with Gasteiger partial charge in [-0.05, 0) is 50.4 Å². The molecule has 0 bridgehead atoms. The number of fused-ring (bicyclic) bond motifs is 1. The van der Waals surface area contributed by atoms with Gasteiger partial charge < -0.3 is 10.3 Å². The van der Waals surface area contributed by atoms with Crippen LogP contribution in [0.15, 0.2) is 41.2 Å². The van der Waals surface area contributed by atoms with Crippen molar-refractivity contribution in [3.05, 3.63) is 52.6 Å². The van der Waals surface area contributed by atoms with E-state index in [1.165, 1.54) is 0 Å². The highest BCUT2D eigenvalue weighted by Gasteiger charge is 2.26. The van der Waals surface area contributed by atoms with Crippen LogP contribution < -0.4 is 10.9 Å². The van der Waals surface area contributed by atoms with Crippen molar-refractivity contribution in [3.63, 3.8) is 0 Å². The number of benzene rings is 1. The fourth-order valence-electron chi connectivity index (χ4n) is 3.87. The molecule has 6 nitrogen and oxygen atoms in total. The van der Waals surface area contributed by atoms with Gasteiger partial charge in [0, 0.05) is 16.8 Å². The summed E-state index contributed by atoms with van der Waals surface area (Å²) in [4.78, 5) is 36.9. The Morgan fingerprint density at radius 2 is 1.94 bits per heavy atom. The van der Waals surface area contributed by atoms with Crippen molar-refractivity contribution in [3.8, 4) is 10.4 Å². The van der Waals surface area contributed by atoms with Crippen molar-refractivity contribution >= 4 is 27.5 Å². The van der Waals surface area contributed by atoms with E-state index < -0.39 is 0 Å². The summed E-state index contributed by atoms with van der Waals surface area (Å²) in [6, 6.07) is 12.2. The Kier molecular flexibility index (Phi) is 6.53. The Hall–Kier alpha value is -2.51. The van der Waals surface area contributed by atoms with Gasteiger partial charge in [0.05, 0.1) is 11.9 Å². The predicted octanol–water partition coefficient (Wildman–Crippen LogP) is 4.02. The lowest BCUT2D eigenvalue weighted by atomic mass is 9.95. The summed E-state index contributed by atoms with van der Waals surface area (Å²) in [6.07, 6.45) is 1.67. The number of nitrogens with zero attached hydrogens (tertiary/aromatic N) is 2. The van der Waals surface area contributed by atoms with E-state index in [4.69, 9.17) is 4.98 Å². The lowest BCUT2D eigenvalue weighted by Gasteiger charge is -2.31. The second-order valence-electron chi connectivity index (χ2n) is 8.80. The van der Waals surface area contributed by atoms with Crippen LogP contribution in [-0.4, -0.2) is 39.9 Å². The second-order valence-corrected chi connectivity index (χ2v) is 9.83. The van der Waals surface area contributed by atoms with Crippen LogP contribution >= 0.6 is 11.3 Å². The Balaban J connectivity index is 1.40. The maximum Gasteiger partial charge on any atom is 0.259 e. The predicted molar refractivity (Wildman–Crippen MR) is 126 cm³/mol. The molecule has 1 aromatic carbocycles. The molecule has 4 rings (SSSR count). The molecule has 0 radical (unpaired) electrons. The molecule has 1 amide bonds. The van der Waals surface area contributed by atoms with E-state index in [2.05, 4.69) is 36.0 Å². The van der Waals surface area contributed by atoms with Crippen LogP contribution in [0.2, 0.25) is 0 Å². The van der Waals surface area contributed by atoms with Crippen molar-refractivity contribution in [1.82, 2.24) is 20.2 Å². The number of rotatable bonds is 6. The number of hydrogen-bond donors (Lipinski definition) is 2. The highest BCUT2D eigenvalue weighted by molar-refractivity contribution is 7.21. The molecule has 7 heteroatoms. The van der Waals surface area contributed by atoms with Crippen molar-refractivity contribution < 1.29 is 4.79 Å². The van der Waals surface area contributed by atoms with Gasteiger partial charge in [0.1, 0.15) is 10.7 Å². The first kappa shape index (κ1) is 21.7. The van der Waals surface area contributed by atoms with Gasteiger partial charge in [-0.3, -0.25) is 14.5 Å². The van der Waals surface area contributed by atoms with E-state index in [1.54, 1.807) is 11.3 Å². The second kappa shape index (κ2) is 9.32. The topological polar surface area (TPSA) is 78.1 Å². The first-order chi connectivity index (χ1) is 14.9. The van der Waals surface area contributed by atoms with E-state index in [0.29, 0.717) is 23.7 Å². The van der Waals surface area contributed by atoms with Gasteiger partial charge in [-0.1, -0.05) is 44.2 Å². The number of piperidine rings is 1. The monoisotopic (exact) mass is 438 g/mol. The SMILES string of the molecule is CC(C)C(C)NC(=O)C1CCN(Cc2nc3sc(-c4ccccc4)cc3c(=O)[nH]2)CC1. The first-order valence-corrected chi connectivity index (χ1v) is 11.8. The molecular weight excluding hydrogens is 408 g/mol. The molecule has 0 aliphatic carbocycles. The number of thiophene rings is 1. The number of H-pyrrole nitrogens is 1. The molecule has 3 heterocycles. The third-order valence-corrected chi connectivity index (χ3v) is 7.29. The summed E-state index contributed by atoms with van der Waals surface area (Å²) >= 11 is 1.55. The average Bonchev–Trinajstić information content (AvgIpc) is 3.19. The molecule has 1 aliphatic rings. The van der Waals surface area contributed by atoms with Crippen molar-refractivity contribution in [1.29, 1.82) is 0 Å². The Morgan fingerprint density at radius 1 is 1.23 bits per heavy atom. The van der Waals surface area contributed by atoms with Crippen LogP contribution in [0.3, 0.4) is 0 Å². The number of carbonyl (C=O) groups is 1. The Morgan fingerprint density at radius 3 is 2.61 bits per heavy atom. The zero-order valence-electron chi connectivity index (χ0n) is 18.4. The van der Waals surface area contributed by atoms with Crippen molar-refractivity contribution in [2.24, 2.45) is 11.8 Å². The standard InChI is InChI=1S/C24H30N4O2S/c1-15(2)16(3)25-22(29)18-9-11-28(12-10-18)14-21-26-23(30)19-13-20(31-24(19)27-21)17-7-5-4-6-8-17/h4-8,13,15-16,18H,9-12,14H2,1-3H3,(H,25,29)(H,26,27,30). The number of likely N-dealkylation sites (tertiary alicyclic amines) is 1. The Labute approximate surface area is 186 Å². The minimum atomic E-state index is -0.0876. The summed E-state index contributed by atoms with van der Waals surface area (Å²) in [5.41, 5.74) is 1.01. The zero-order valence-corrected chi connectivity index (χ0v) is 19.2. The number of hydrogen-bond acceptors (Lipinski definition) is 5. The van der Waals surface area contributed by atoms with Crippen LogP contribution in [-0.2, 0) is 11.3 Å². The molecule has 3 aromatic rings. The Bertz CT molecular complexity index is 1100. The fourth-order valence-corrected chi connectivity index (χ4v) is 4.93.